The van der Waals surface area contributed by atoms with Crippen LogP contribution in [0.5, 0.6) is 0 Å². The molecule has 3 atom stereocenters. The molecule has 16 heavy (non-hydrogen) atoms. The summed E-state index contributed by atoms with van der Waals surface area (Å²) in [6, 6.07) is 0.222. The molecule has 0 aliphatic carbocycles. The van der Waals surface area contributed by atoms with Crippen LogP contribution >= 0.6 is 0 Å². The van der Waals surface area contributed by atoms with Crippen molar-refractivity contribution in [2.75, 3.05) is 26.7 Å². The average Bonchev–Trinajstić information content (AvgIpc) is 2.22. The Hall–Kier alpha value is -0.650. The first kappa shape index (κ1) is 13.4. The molecule has 1 rings (SSSR count). The first-order chi connectivity index (χ1) is 7.36. The summed E-state index contributed by atoms with van der Waals surface area (Å²) in [5.41, 5.74) is 4.47. The van der Waals surface area contributed by atoms with Crippen molar-refractivity contribution in [1.29, 1.82) is 0 Å². The number of carbonyl (C=O) groups is 1. The molecule has 1 saturated heterocycles. The molecule has 0 aromatic heterocycles. The van der Waals surface area contributed by atoms with Crippen LogP contribution in [0.4, 0.5) is 0 Å². The predicted octanol–water partition coefficient (Wildman–Crippen LogP) is -0.420. The van der Waals surface area contributed by atoms with E-state index in [1.54, 1.807) is 0 Å². The number of β-amino-alcohol motifs (C(OH)–C–C–N with tert-alkyl or cyclic N) is 1. The highest BCUT2D eigenvalue weighted by atomic mass is 16.5. The third-order valence-corrected chi connectivity index (χ3v) is 3.21. The largest absolute Gasteiger partial charge is 0.467 e. The number of nitrogens with zero attached hydrogens (tertiary/aromatic N) is 1. The van der Waals surface area contributed by atoms with Crippen molar-refractivity contribution >= 4 is 5.97 Å². The molecule has 0 aromatic carbocycles. The van der Waals surface area contributed by atoms with E-state index >= 15 is 0 Å². The molecule has 3 unspecified atom stereocenters. The van der Waals surface area contributed by atoms with Gasteiger partial charge in [-0.2, -0.15) is 0 Å². The molecule has 94 valence electrons. The van der Waals surface area contributed by atoms with Gasteiger partial charge in [-0.1, -0.05) is 6.92 Å². The van der Waals surface area contributed by atoms with E-state index in [0.29, 0.717) is 12.5 Å². The van der Waals surface area contributed by atoms with Gasteiger partial charge in [-0.15, -0.1) is 0 Å². The third kappa shape index (κ3) is 3.17. The molecule has 3 N–H and O–H groups in total. The Morgan fingerprint density at radius 1 is 1.69 bits per heavy atom. The standard InChI is InChI=1S/C11H22N2O3/c1-8-6-13(5-4-9(8)12)7-11(2,15)10(14)16-3/h8-9,15H,4-7,12H2,1-3H3. The van der Waals surface area contributed by atoms with E-state index in [-0.39, 0.29) is 6.04 Å². The fraction of sp³-hybridized carbons (Fsp3) is 0.909. The lowest BCUT2D eigenvalue weighted by Crippen LogP contribution is -2.53. The van der Waals surface area contributed by atoms with Crippen molar-refractivity contribution in [3.63, 3.8) is 0 Å². The van der Waals surface area contributed by atoms with Crippen molar-refractivity contribution in [1.82, 2.24) is 4.90 Å². The van der Waals surface area contributed by atoms with Gasteiger partial charge in [-0.05, 0) is 25.8 Å². The third-order valence-electron chi connectivity index (χ3n) is 3.21. The highest BCUT2D eigenvalue weighted by molar-refractivity contribution is 5.78. The number of rotatable bonds is 3. The lowest BCUT2D eigenvalue weighted by molar-refractivity contribution is -0.162. The smallest absolute Gasteiger partial charge is 0.338 e. The van der Waals surface area contributed by atoms with Gasteiger partial charge in [0.25, 0.3) is 0 Å². The number of methoxy groups -OCH3 is 1. The van der Waals surface area contributed by atoms with Crippen LogP contribution in [0.15, 0.2) is 0 Å². The van der Waals surface area contributed by atoms with Crippen LogP contribution in [0, 0.1) is 5.92 Å². The molecule has 0 radical (unpaired) electrons. The van der Waals surface area contributed by atoms with Crippen LogP contribution in [0.25, 0.3) is 0 Å². The number of hydrogen-bond acceptors (Lipinski definition) is 5. The maximum atomic E-state index is 11.3. The summed E-state index contributed by atoms with van der Waals surface area (Å²) in [7, 11) is 1.28. The second kappa shape index (κ2) is 5.12. The first-order valence-corrected chi connectivity index (χ1v) is 5.65. The first-order valence-electron chi connectivity index (χ1n) is 5.65. The van der Waals surface area contributed by atoms with Gasteiger partial charge in [0.15, 0.2) is 5.60 Å². The Morgan fingerprint density at radius 2 is 2.31 bits per heavy atom. The summed E-state index contributed by atoms with van der Waals surface area (Å²) < 4.78 is 4.56. The van der Waals surface area contributed by atoms with Gasteiger partial charge in [0, 0.05) is 19.1 Å². The van der Waals surface area contributed by atoms with E-state index in [2.05, 4.69) is 16.6 Å². The number of nitrogens with two attached hydrogens (primary N) is 1. The summed E-state index contributed by atoms with van der Waals surface area (Å²) >= 11 is 0. The van der Waals surface area contributed by atoms with Crippen molar-refractivity contribution in [3.8, 4) is 0 Å². The Labute approximate surface area is 96.6 Å². The molecule has 0 saturated carbocycles. The highest BCUT2D eigenvalue weighted by Crippen LogP contribution is 2.18. The zero-order valence-electron chi connectivity index (χ0n) is 10.3. The van der Waals surface area contributed by atoms with Gasteiger partial charge in [0.2, 0.25) is 0 Å². The molecule has 5 heteroatoms. The van der Waals surface area contributed by atoms with Gasteiger partial charge in [-0.3, -0.25) is 4.90 Å². The van der Waals surface area contributed by atoms with Crippen LogP contribution < -0.4 is 5.73 Å². The zero-order chi connectivity index (χ0) is 12.3. The summed E-state index contributed by atoms with van der Waals surface area (Å²) in [5, 5.41) is 9.94. The number of ether oxygens (including phenoxy) is 1. The molecular formula is C11H22N2O3. The average molecular weight is 230 g/mol. The number of piperidine rings is 1. The number of hydrogen-bond donors (Lipinski definition) is 2. The summed E-state index contributed by atoms with van der Waals surface area (Å²) in [6.07, 6.45) is 0.901. The normalized spacial score (nSPS) is 30.8. The number of aliphatic hydroxyl groups is 1. The van der Waals surface area contributed by atoms with Gasteiger partial charge in [-0.25, -0.2) is 4.79 Å². The fourth-order valence-electron chi connectivity index (χ4n) is 2.11. The molecule has 1 aliphatic rings. The quantitative estimate of drug-likeness (QED) is 0.644. The Balaban J connectivity index is 2.51. The summed E-state index contributed by atoms with van der Waals surface area (Å²) in [6.45, 7) is 5.51. The van der Waals surface area contributed by atoms with E-state index in [1.807, 2.05) is 0 Å². The van der Waals surface area contributed by atoms with E-state index in [0.717, 1.165) is 19.5 Å². The monoisotopic (exact) mass is 230 g/mol. The van der Waals surface area contributed by atoms with Gasteiger partial charge >= 0.3 is 5.97 Å². The molecule has 0 aromatic rings. The van der Waals surface area contributed by atoms with Crippen LogP contribution in [-0.2, 0) is 9.53 Å². The maximum Gasteiger partial charge on any atom is 0.338 e. The molecule has 1 heterocycles. The van der Waals surface area contributed by atoms with Crippen LogP contribution in [0.2, 0.25) is 0 Å². The fourth-order valence-corrected chi connectivity index (χ4v) is 2.11. The van der Waals surface area contributed by atoms with Crippen LogP contribution in [0.1, 0.15) is 20.3 Å². The van der Waals surface area contributed by atoms with Crippen molar-refractivity contribution in [3.05, 3.63) is 0 Å². The molecule has 1 fully saturated rings. The minimum Gasteiger partial charge on any atom is -0.467 e. The van der Waals surface area contributed by atoms with Crippen LogP contribution in [0.3, 0.4) is 0 Å². The Kier molecular flexibility index (Phi) is 4.29. The number of carbonyl (C=O) groups excluding carboxylic acids is 1. The number of likely N-dealkylation sites (tertiary alicyclic amines) is 1. The second-order valence-electron chi connectivity index (χ2n) is 4.93. The molecule has 1 aliphatic heterocycles. The van der Waals surface area contributed by atoms with E-state index in [9.17, 15) is 9.90 Å². The Bertz CT molecular complexity index is 256. The zero-order valence-corrected chi connectivity index (χ0v) is 10.3. The van der Waals surface area contributed by atoms with Crippen molar-refractivity contribution in [2.45, 2.75) is 31.9 Å². The lowest BCUT2D eigenvalue weighted by atomic mass is 9.93. The SMILES string of the molecule is COC(=O)C(C)(O)CN1CCC(N)C(C)C1. The topological polar surface area (TPSA) is 75.8 Å². The van der Waals surface area contributed by atoms with Gasteiger partial charge in [0.1, 0.15) is 0 Å². The second-order valence-corrected chi connectivity index (χ2v) is 4.93. The van der Waals surface area contributed by atoms with E-state index in [1.165, 1.54) is 14.0 Å². The van der Waals surface area contributed by atoms with E-state index < -0.39 is 11.6 Å². The van der Waals surface area contributed by atoms with Crippen molar-refractivity contribution < 1.29 is 14.6 Å². The molecule has 5 nitrogen and oxygen atoms in total. The number of esters is 1. The minimum absolute atomic E-state index is 0.222. The van der Waals surface area contributed by atoms with Crippen molar-refractivity contribution in [2.24, 2.45) is 11.7 Å². The molecule has 0 spiro atoms. The highest BCUT2D eigenvalue weighted by Gasteiger charge is 2.35. The van der Waals surface area contributed by atoms with Gasteiger partial charge < -0.3 is 15.6 Å². The lowest BCUT2D eigenvalue weighted by Gasteiger charge is -2.37. The minimum atomic E-state index is -1.43. The summed E-state index contributed by atoms with van der Waals surface area (Å²) in [5.74, 6) is -0.197. The summed E-state index contributed by atoms with van der Waals surface area (Å²) in [4.78, 5) is 13.4. The van der Waals surface area contributed by atoms with Crippen LogP contribution in [-0.4, -0.2) is 54.4 Å². The Morgan fingerprint density at radius 3 is 2.81 bits per heavy atom. The molecular weight excluding hydrogens is 208 g/mol. The predicted molar refractivity (Wildman–Crippen MR) is 60.8 cm³/mol. The molecule has 0 bridgehead atoms. The maximum absolute atomic E-state index is 11.3. The van der Waals surface area contributed by atoms with E-state index in [4.69, 9.17) is 5.73 Å². The molecule has 0 amide bonds. The van der Waals surface area contributed by atoms with Gasteiger partial charge in [0.05, 0.1) is 7.11 Å².